The van der Waals surface area contributed by atoms with Crippen LogP contribution in [0.2, 0.25) is 0 Å². The topological polar surface area (TPSA) is 181 Å². The van der Waals surface area contributed by atoms with Gasteiger partial charge in [0.25, 0.3) is 11.8 Å². The maximum Gasteiger partial charge on any atom is 0.404 e. The number of nitrogens with zero attached hydrogens (tertiary/aromatic N) is 2. The Morgan fingerprint density at radius 2 is 1.67 bits per heavy atom. The molecule has 1 atom stereocenters. The van der Waals surface area contributed by atoms with Crippen LogP contribution in [0.5, 0.6) is 0 Å². The summed E-state index contributed by atoms with van der Waals surface area (Å²) >= 11 is 0.764. The number of alkyl halides is 3. The van der Waals surface area contributed by atoms with Crippen LogP contribution in [0.1, 0.15) is 47.0 Å². The largest absolute Gasteiger partial charge is 0.404 e. The molecule has 5 N–H and O–H groups in total. The van der Waals surface area contributed by atoms with Crippen LogP contribution in [-0.4, -0.2) is 67.2 Å². The number of carbonyl (C=O) groups excluding carboxylic acids is 4. The minimum absolute atomic E-state index is 0.0696. The molecule has 1 aliphatic heterocycles. The lowest BCUT2D eigenvalue weighted by Gasteiger charge is -2.30. The maximum atomic E-state index is 13.7. The number of fused-ring (bicyclic) bond motifs is 1. The summed E-state index contributed by atoms with van der Waals surface area (Å²) in [5.41, 5.74) is 8.88. The van der Waals surface area contributed by atoms with Gasteiger partial charge in [-0.05, 0) is 37.1 Å². The first-order valence-electron chi connectivity index (χ1n) is 12.9. The molecule has 1 fully saturated rings. The summed E-state index contributed by atoms with van der Waals surface area (Å²) in [5, 5.41) is 0.0686. The molecule has 230 valence electrons. The first-order valence-corrected chi connectivity index (χ1v) is 15.2. The van der Waals surface area contributed by atoms with Gasteiger partial charge < -0.3 is 10.6 Å². The average Bonchev–Trinajstić information content (AvgIpc) is 3.39. The number of hydrogen-bond acceptors (Lipinski definition) is 8. The zero-order chi connectivity index (χ0) is 31.7. The molecule has 0 bridgehead atoms. The average molecular weight is 641 g/mol. The SMILES string of the molecule is CC1CCN(C(=O)c2nc(C(=O)NNC(=O)C(N)=O)sc2-c2ccc(S(=O)(=O)N[C@@H](C)C(F)(F)F)c3ccccc23)CC1. The Labute approximate surface area is 247 Å². The molecule has 0 unspecified atom stereocenters. The van der Waals surface area contributed by atoms with E-state index in [4.69, 9.17) is 5.73 Å². The standard InChI is InChI=1S/C26H27F3N6O6S2/c1-13-9-11-35(12-10-13)25(39)19-20(42-24(31-19)23(38)33-32-22(37)21(30)36)17-7-8-18(16-6-4-3-5-15(16)17)43(40,41)34-14(2)26(27,28)29/h3-8,13-14,34H,9-12H2,1-2H3,(H2,30,36)(H,32,37)(H,33,38)/t14-/m0/s1. The van der Waals surface area contributed by atoms with Crippen LogP contribution in [-0.2, 0) is 19.6 Å². The van der Waals surface area contributed by atoms with E-state index < -0.39 is 50.8 Å². The number of thiazole rings is 1. The molecular weight excluding hydrogens is 613 g/mol. The van der Waals surface area contributed by atoms with Crippen molar-refractivity contribution < 1.29 is 40.8 Å². The van der Waals surface area contributed by atoms with Crippen LogP contribution in [0.3, 0.4) is 0 Å². The monoisotopic (exact) mass is 640 g/mol. The van der Waals surface area contributed by atoms with E-state index in [-0.39, 0.29) is 26.4 Å². The van der Waals surface area contributed by atoms with Crippen molar-refractivity contribution >= 4 is 55.8 Å². The summed E-state index contributed by atoms with van der Waals surface area (Å²) in [6.07, 6.45) is -3.33. The van der Waals surface area contributed by atoms with Crippen LogP contribution in [0.15, 0.2) is 41.3 Å². The van der Waals surface area contributed by atoms with Gasteiger partial charge in [-0.3, -0.25) is 30.0 Å². The second-order valence-corrected chi connectivity index (χ2v) is 12.7. The minimum Gasteiger partial charge on any atom is -0.361 e. The predicted molar refractivity (Wildman–Crippen MR) is 150 cm³/mol. The van der Waals surface area contributed by atoms with Gasteiger partial charge in [0.2, 0.25) is 10.0 Å². The third-order valence-electron chi connectivity index (χ3n) is 6.85. The summed E-state index contributed by atoms with van der Waals surface area (Å²) in [4.78, 5) is 54.6. The smallest absolute Gasteiger partial charge is 0.361 e. The quantitative estimate of drug-likeness (QED) is 0.236. The molecule has 0 spiro atoms. The van der Waals surface area contributed by atoms with Gasteiger partial charge >= 0.3 is 18.0 Å². The number of hydrogen-bond donors (Lipinski definition) is 4. The summed E-state index contributed by atoms with van der Waals surface area (Å²) in [6, 6.07) is 6.11. The Hall–Kier alpha value is -4.09. The zero-order valence-corrected chi connectivity index (χ0v) is 24.5. The number of benzene rings is 2. The van der Waals surface area contributed by atoms with Crippen molar-refractivity contribution in [1.29, 1.82) is 0 Å². The lowest BCUT2D eigenvalue weighted by Crippen LogP contribution is -2.47. The molecule has 17 heteroatoms. The Bertz CT molecular complexity index is 1700. The molecule has 2 aromatic carbocycles. The molecular formula is C26H27F3N6O6S2. The van der Waals surface area contributed by atoms with E-state index >= 15 is 0 Å². The van der Waals surface area contributed by atoms with Gasteiger partial charge in [0.15, 0.2) is 5.01 Å². The summed E-state index contributed by atoms with van der Waals surface area (Å²) in [5.74, 6) is -3.68. The first kappa shape index (κ1) is 31.8. The van der Waals surface area contributed by atoms with Crippen LogP contribution in [0.4, 0.5) is 13.2 Å². The molecule has 0 saturated carbocycles. The van der Waals surface area contributed by atoms with E-state index in [1.807, 2.05) is 10.9 Å². The number of rotatable bonds is 6. The normalized spacial score (nSPS) is 15.2. The van der Waals surface area contributed by atoms with Gasteiger partial charge in [0.05, 0.1) is 9.77 Å². The lowest BCUT2D eigenvalue weighted by molar-refractivity contribution is -0.147. The van der Waals surface area contributed by atoms with Gasteiger partial charge in [-0.2, -0.15) is 17.9 Å². The van der Waals surface area contributed by atoms with Crippen LogP contribution < -0.4 is 21.3 Å². The summed E-state index contributed by atoms with van der Waals surface area (Å²) in [6.45, 7) is 3.62. The van der Waals surface area contributed by atoms with Crippen molar-refractivity contribution in [2.75, 3.05) is 13.1 Å². The van der Waals surface area contributed by atoms with Crippen molar-refractivity contribution in [3.05, 3.63) is 47.1 Å². The second kappa shape index (κ2) is 12.3. The number of primary amides is 1. The highest BCUT2D eigenvalue weighted by Gasteiger charge is 2.39. The van der Waals surface area contributed by atoms with Crippen molar-refractivity contribution in [2.45, 2.75) is 43.8 Å². The molecule has 0 radical (unpaired) electrons. The number of nitrogens with two attached hydrogens (primary N) is 1. The molecule has 4 rings (SSSR count). The number of hydrazine groups is 1. The number of aromatic nitrogens is 1. The van der Waals surface area contributed by atoms with E-state index in [9.17, 15) is 40.8 Å². The van der Waals surface area contributed by atoms with E-state index in [0.29, 0.717) is 31.5 Å². The molecule has 0 aliphatic carbocycles. The van der Waals surface area contributed by atoms with E-state index in [1.165, 1.54) is 24.3 Å². The van der Waals surface area contributed by atoms with Crippen LogP contribution in [0, 0.1) is 5.92 Å². The number of amides is 4. The van der Waals surface area contributed by atoms with Gasteiger partial charge in [-0.15, -0.1) is 11.3 Å². The number of carbonyl (C=O) groups is 4. The highest BCUT2D eigenvalue weighted by molar-refractivity contribution is 7.89. The molecule has 4 amide bonds. The highest BCUT2D eigenvalue weighted by Crippen LogP contribution is 2.39. The molecule has 12 nitrogen and oxygen atoms in total. The predicted octanol–water partition coefficient (Wildman–Crippen LogP) is 2.31. The number of piperidine rings is 1. The molecule has 3 aromatic rings. The van der Waals surface area contributed by atoms with Crippen molar-refractivity contribution in [2.24, 2.45) is 11.7 Å². The maximum absolute atomic E-state index is 13.7. The number of sulfonamides is 1. The first-order chi connectivity index (χ1) is 20.1. The van der Waals surface area contributed by atoms with Crippen molar-refractivity contribution in [3.63, 3.8) is 0 Å². The fraction of sp³-hybridized carbons (Fsp3) is 0.346. The van der Waals surface area contributed by atoms with Crippen LogP contribution >= 0.6 is 11.3 Å². The van der Waals surface area contributed by atoms with Gasteiger partial charge in [0, 0.05) is 24.0 Å². The fourth-order valence-corrected chi connectivity index (χ4v) is 6.83. The Balaban J connectivity index is 1.82. The number of nitrogens with one attached hydrogen (secondary N) is 3. The van der Waals surface area contributed by atoms with Crippen molar-refractivity contribution in [1.82, 2.24) is 25.5 Å². The van der Waals surface area contributed by atoms with Crippen LogP contribution in [0.25, 0.3) is 21.2 Å². The molecule has 1 aliphatic rings. The second-order valence-electron chi connectivity index (χ2n) is 9.99. The molecule has 1 saturated heterocycles. The third kappa shape index (κ3) is 6.94. The number of halogens is 3. The molecule has 1 aromatic heterocycles. The number of likely N-dealkylation sites (tertiary alicyclic amines) is 1. The summed E-state index contributed by atoms with van der Waals surface area (Å²) in [7, 11) is -4.65. The highest BCUT2D eigenvalue weighted by atomic mass is 32.2. The van der Waals surface area contributed by atoms with E-state index in [0.717, 1.165) is 30.2 Å². The van der Waals surface area contributed by atoms with E-state index in [2.05, 4.69) is 11.9 Å². The van der Waals surface area contributed by atoms with Gasteiger partial charge in [-0.1, -0.05) is 37.3 Å². The zero-order valence-electron chi connectivity index (χ0n) is 22.8. The van der Waals surface area contributed by atoms with E-state index in [1.54, 1.807) is 15.7 Å². The molecule has 43 heavy (non-hydrogen) atoms. The Kier molecular flexibility index (Phi) is 9.08. The summed E-state index contributed by atoms with van der Waals surface area (Å²) < 4.78 is 67.1. The third-order valence-corrected chi connectivity index (χ3v) is 9.54. The van der Waals surface area contributed by atoms with Crippen molar-refractivity contribution in [3.8, 4) is 10.4 Å². The fourth-order valence-electron chi connectivity index (χ4n) is 4.40. The molecule has 2 heterocycles. The lowest BCUT2D eigenvalue weighted by atomic mass is 9.98. The minimum atomic E-state index is -4.82. The Morgan fingerprint density at radius 3 is 2.28 bits per heavy atom. The Morgan fingerprint density at radius 1 is 1.05 bits per heavy atom. The van der Waals surface area contributed by atoms with Gasteiger partial charge in [0.1, 0.15) is 11.7 Å². The van der Waals surface area contributed by atoms with Gasteiger partial charge in [-0.25, -0.2) is 13.4 Å².